The zero-order chi connectivity index (χ0) is 11.5. The fourth-order valence-electron chi connectivity index (χ4n) is 1.63. The smallest absolute Gasteiger partial charge is 0.119 e. The minimum Gasteiger partial charge on any atom is -0.497 e. The molecule has 0 atom stereocenters. The summed E-state index contributed by atoms with van der Waals surface area (Å²) in [5.41, 5.74) is 3.15. The minimum atomic E-state index is 0.388. The molecule has 0 radical (unpaired) electrons. The van der Waals surface area contributed by atoms with Gasteiger partial charge < -0.3 is 4.74 Å². The lowest BCUT2D eigenvalue weighted by Gasteiger charge is -2.23. The van der Waals surface area contributed by atoms with Crippen LogP contribution in [-0.4, -0.2) is 7.11 Å². The molecular weight excluding hydrogens is 184 g/mol. The van der Waals surface area contributed by atoms with E-state index < -0.39 is 0 Å². The Morgan fingerprint density at radius 1 is 1.27 bits per heavy atom. The Hall–Kier alpha value is -0.980. The predicted molar refractivity (Wildman–Crippen MR) is 65.5 cm³/mol. The van der Waals surface area contributed by atoms with E-state index in [1.54, 1.807) is 7.11 Å². The third-order valence-corrected chi connectivity index (χ3v) is 3.18. The monoisotopic (exact) mass is 206 g/mol. The van der Waals surface area contributed by atoms with Gasteiger partial charge in [0, 0.05) is 0 Å². The maximum Gasteiger partial charge on any atom is 0.119 e. The van der Waals surface area contributed by atoms with Gasteiger partial charge in [0.05, 0.1) is 7.11 Å². The molecule has 0 heterocycles. The lowest BCUT2D eigenvalue weighted by molar-refractivity contribution is 0.348. The number of benzene rings is 1. The number of methoxy groups -OCH3 is 1. The molecule has 0 spiro atoms. The largest absolute Gasteiger partial charge is 0.497 e. The Bertz CT molecular complexity index is 326. The van der Waals surface area contributed by atoms with Crippen LogP contribution < -0.4 is 4.74 Å². The highest BCUT2D eigenvalue weighted by atomic mass is 16.5. The fraction of sp³-hybridized carbons (Fsp3) is 0.571. The molecule has 15 heavy (non-hydrogen) atoms. The summed E-state index contributed by atoms with van der Waals surface area (Å²) >= 11 is 0. The van der Waals surface area contributed by atoms with Gasteiger partial charge in [-0.2, -0.15) is 0 Å². The van der Waals surface area contributed by atoms with Crippen molar-refractivity contribution in [1.82, 2.24) is 0 Å². The number of hydrogen-bond acceptors (Lipinski definition) is 1. The van der Waals surface area contributed by atoms with Gasteiger partial charge in [-0.15, -0.1) is 0 Å². The molecule has 0 aliphatic rings. The number of rotatable bonds is 4. The molecule has 0 bridgehead atoms. The molecule has 0 aliphatic heterocycles. The highest BCUT2D eigenvalue weighted by Crippen LogP contribution is 2.28. The number of hydrogen-bond donors (Lipinski definition) is 0. The van der Waals surface area contributed by atoms with E-state index in [2.05, 4.69) is 39.8 Å². The standard InChI is InChI=1S/C14H22O/c1-6-14(3,4)10-12-7-8-13(15-5)9-11(12)2/h7-9H,6,10H2,1-5H3. The van der Waals surface area contributed by atoms with Crippen LogP contribution in [0.4, 0.5) is 0 Å². The maximum atomic E-state index is 5.21. The van der Waals surface area contributed by atoms with Crippen molar-refractivity contribution in [2.24, 2.45) is 5.41 Å². The van der Waals surface area contributed by atoms with Crippen LogP contribution in [0.2, 0.25) is 0 Å². The van der Waals surface area contributed by atoms with Crippen molar-refractivity contribution < 1.29 is 4.74 Å². The van der Waals surface area contributed by atoms with E-state index in [0.29, 0.717) is 5.41 Å². The van der Waals surface area contributed by atoms with Gasteiger partial charge in [-0.25, -0.2) is 0 Å². The van der Waals surface area contributed by atoms with Gasteiger partial charge in [0.1, 0.15) is 5.75 Å². The lowest BCUT2D eigenvalue weighted by atomic mass is 9.82. The van der Waals surface area contributed by atoms with Crippen LogP contribution in [0.15, 0.2) is 18.2 Å². The van der Waals surface area contributed by atoms with E-state index in [-0.39, 0.29) is 0 Å². The van der Waals surface area contributed by atoms with Crippen molar-refractivity contribution >= 4 is 0 Å². The second-order valence-electron chi connectivity index (χ2n) is 4.99. The second-order valence-corrected chi connectivity index (χ2v) is 4.99. The Morgan fingerprint density at radius 3 is 2.40 bits per heavy atom. The van der Waals surface area contributed by atoms with Crippen LogP contribution in [0.25, 0.3) is 0 Å². The molecule has 0 unspecified atom stereocenters. The summed E-state index contributed by atoms with van der Waals surface area (Å²) in [4.78, 5) is 0. The summed E-state index contributed by atoms with van der Waals surface area (Å²) in [6.07, 6.45) is 2.35. The van der Waals surface area contributed by atoms with Crippen molar-refractivity contribution in [1.29, 1.82) is 0 Å². The first kappa shape index (κ1) is 12.1. The van der Waals surface area contributed by atoms with E-state index in [1.165, 1.54) is 17.5 Å². The highest BCUT2D eigenvalue weighted by molar-refractivity contribution is 5.35. The Morgan fingerprint density at radius 2 is 1.93 bits per heavy atom. The molecule has 0 amide bonds. The van der Waals surface area contributed by atoms with Crippen LogP contribution in [0, 0.1) is 12.3 Å². The van der Waals surface area contributed by atoms with Crippen LogP contribution >= 0.6 is 0 Å². The van der Waals surface area contributed by atoms with E-state index in [9.17, 15) is 0 Å². The van der Waals surface area contributed by atoms with Crippen molar-refractivity contribution in [2.75, 3.05) is 7.11 Å². The van der Waals surface area contributed by atoms with Crippen LogP contribution in [0.1, 0.15) is 38.3 Å². The molecule has 0 aromatic heterocycles. The van der Waals surface area contributed by atoms with Crippen LogP contribution in [0.5, 0.6) is 5.75 Å². The van der Waals surface area contributed by atoms with Crippen molar-refractivity contribution in [3.63, 3.8) is 0 Å². The number of ether oxygens (including phenoxy) is 1. The SMILES string of the molecule is CCC(C)(C)Cc1ccc(OC)cc1C. The average molecular weight is 206 g/mol. The maximum absolute atomic E-state index is 5.21. The molecule has 0 aliphatic carbocycles. The third-order valence-electron chi connectivity index (χ3n) is 3.18. The lowest BCUT2D eigenvalue weighted by Crippen LogP contribution is -2.14. The summed E-state index contributed by atoms with van der Waals surface area (Å²) in [6, 6.07) is 6.35. The molecule has 1 aromatic rings. The van der Waals surface area contributed by atoms with Gasteiger partial charge >= 0.3 is 0 Å². The van der Waals surface area contributed by atoms with E-state index >= 15 is 0 Å². The van der Waals surface area contributed by atoms with Gasteiger partial charge in [0.25, 0.3) is 0 Å². The summed E-state index contributed by atoms with van der Waals surface area (Å²) in [7, 11) is 1.71. The summed E-state index contributed by atoms with van der Waals surface area (Å²) in [5.74, 6) is 0.950. The molecule has 0 fully saturated rings. The molecule has 0 N–H and O–H groups in total. The first-order valence-electron chi connectivity index (χ1n) is 5.62. The molecule has 84 valence electrons. The Labute approximate surface area is 93.5 Å². The molecule has 0 saturated carbocycles. The first-order chi connectivity index (χ1) is 6.98. The molecule has 1 rings (SSSR count). The number of aryl methyl sites for hydroxylation is 1. The van der Waals surface area contributed by atoms with Crippen molar-refractivity contribution in [3.8, 4) is 5.75 Å². The second kappa shape index (κ2) is 4.69. The minimum absolute atomic E-state index is 0.388. The van der Waals surface area contributed by atoms with E-state index in [0.717, 1.165) is 12.2 Å². The van der Waals surface area contributed by atoms with Crippen LogP contribution in [0.3, 0.4) is 0 Å². The fourth-order valence-corrected chi connectivity index (χ4v) is 1.63. The van der Waals surface area contributed by atoms with E-state index in [4.69, 9.17) is 4.74 Å². The highest BCUT2D eigenvalue weighted by Gasteiger charge is 2.16. The van der Waals surface area contributed by atoms with Crippen LogP contribution in [-0.2, 0) is 6.42 Å². The Kier molecular flexibility index (Phi) is 3.78. The Balaban J connectivity index is 2.87. The first-order valence-corrected chi connectivity index (χ1v) is 5.62. The average Bonchev–Trinajstić information content (AvgIpc) is 2.21. The third kappa shape index (κ3) is 3.26. The van der Waals surface area contributed by atoms with Gasteiger partial charge in [0.15, 0.2) is 0 Å². The normalized spacial score (nSPS) is 11.5. The molecule has 1 aromatic carbocycles. The van der Waals surface area contributed by atoms with Crippen molar-refractivity contribution in [2.45, 2.75) is 40.5 Å². The molecule has 1 heteroatoms. The van der Waals surface area contributed by atoms with Gasteiger partial charge in [-0.1, -0.05) is 33.3 Å². The molecular formula is C14H22O. The summed E-state index contributed by atoms with van der Waals surface area (Å²) in [5, 5.41) is 0. The van der Waals surface area contributed by atoms with E-state index in [1.807, 2.05) is 6.07 Å². The summed E-state index contributed by atoms with van der Waals surface area (Å²) < 4.78 is 5.21. The molecule has 0 saturated heterocycles. The van der Waals surface area contributed by atoms with Gasteiger partial charge in [-0.3, -0.25) is 0 Å². The van der Waals surface area contributed by atoms with Crippen molar-refractivity contribution in [3.05, 3.63) is 29.3 Å². The predicted octanol–water partition coefficient (Wildman–Crippen LogP) is 3.98. The quantitative estimate of drug-likeness (QED) is 0.724. The molecule has 1 nitrogen and oxygen atoms in total. The zero-order valence-electron chi connectivity index (χ0n) is 10.6. The summed E-state index contributed by atoms with van der Waals surface area (Å²) in [6.45, 7) is 9.04. The van der Waals surface area contributed by atoms with Gasteiger partial charge in [0.2, 0.25) is 0 Å². The van der Waals surface area contributed by atoms with Gasteiger partial charge in [-0.05, 0) is 42.0 Å². The topological polar surface area (TPSA) is 9.23 Å². The zero-order valence-corrected chi connectivity index (χ0v) is 10.6.